The van der Waals surface area contributed by atoms with Crippen molar-refractivity contribution in [3.8, 4) is 0 Å². The maximum absolute atomic E-state index is 5.61. The van der Waals surface area contributed by atoms with Crippen LogP contribution < -0.4 is 11.1 Å². The molecular weight excluding hydrogens is 322 g/mol. The molecule has 0 unspecified atom stereocenters. The number of rotatable bonds is 3. The molecule has 0 aliphatic carbocycles. The van der Waals surface area contributed by atoms with Crippen LogP contribution in [-0.2, 0) is 0 Å². The Morgan fingerprint density at radius 1 is 1.26 bits per heavy atom. The van der Waals surface area contributed by atoms with Crippen molar-refractivity contribution >= 4 is 44.6 Å². The Hall–Kier alpha value is -1.46. The van der Waals surface area contributed by atoms with Crippen molar-refractivity contribution in [3.05, 3.63) is 51.6 Å². The predicted molar refractivity (Wildman–Crippen MR) is 87.0 cm³/mol. The van der Waals surface area contributed by atoms with E-state index in [-0.39, 0.29) is 0 Å². The highest BCUT2D eigenvalue weighted by Crippen LogP contribution is 2.26. The van der Waals surface area contributed by atoms with Crippen molar-refractivity contribution in [2.75, 3.05) is 5.32 Å². The molecular formula is C14H14BrN3S. The first-order valence-corrected chi connectivity index (χ1v) is 6.97. The van der Waals surface area contributed by atoms with Crippen LogP contribution in [0.2, 0.25) is 0 Å². The van der Waals surface area contributed by atoms with Crippen LogP contribution in [0.15, 0.2) is 34.9 Å². The van der Waals surface area contributed by atoms with Gasteiger partial charge in [0.1, 0.15) is 10.8 Å². The smallest absolute Gasteiger partial charge is 0.130 e. The van der Waals surface area contributed by atoms with Gasteiger partial charge in [-0.2, -0.15) is 0 Å². The summed E-state index contributed by atoms with van der Waals surface area (Å²) in [5, 5.41) is 3.26. The van der Waals surface area contributed by atoms with Crippen molar-refractivity contribution in [1.82, 2.24) is 4.98 Å². The van der Waals surface area contributed by atoms with E-state index in [1.54, 1.807) is 12.3 Å². The molecule has 0 atom stereocenters. The maximum Gasteiger partial charge on any atom is 0.130 e. The summed E-state index contributed by atoms with van der Waals surface area (Å²) in [5.74, 6) is 0.728. The fourth-order valence-corrected chi connectivity index (χ4v) is 2.17. The van der Waals surface area contributed by atoms with Gasteiger partial charge in [-0.05, 0) is 49.2 Å². The summed E-state index contributed by atoms with van der Waals surface area (Å²) in [6.45, 7) is 4.11. The van der Waals surface area contributed by atoms with Crippen molar-refractivity contribution < 1.29 is 0 Å². The summed E-state index contributed by atoms with van der Waals surface area (Å²) >= 11 is 8.51. The lowest BCUT2D eigenvalue weighted by molar-refractivity contribution is 1.28. The van der Waals surface area contributed by atoms with Gasteiger partial charge in [0.05, 0.1) is 0 Å². The van der Waals surface area contributed by atoms with Crippen LogP contribution in [0.4, 0.5) is 11.5 Å². The van der Waals surface area contributed by atoms with E-state index in [0.717, 1.165) is 21.5 Å². The molecule has 98 valence electrons. The van der Waals surface area contributed by atoms with E-state index in [1.165, 1.54) is 11.1 Å². The van der Waals surface area contributed by atoms with Crippen molar-refractivity contribution in [2.45, 2.75) is 13.8 Å². The Kier molecular flexibility index (Phi) is 4.17. The predicted octanol–water partition coefficient (Wildman–Crippen LogP) is 3.84. The minimum absolute atomic E-state index is 0.369. The molecule has 0 fully saturated rings. The van der Waals surface area contributed by atoms with Crippen LogP contribution in [0.5, 0.6) is 0 Å². The number of halogens is 1. The summed E-state index contributed by atoms with van der Waals surface area (Å²) in [6, 6.07) is 7.76. The molecule has 0 bridgehead atoms. The molecule has 3 N–H and O–H groups in total. The molecule has 0 saturated heterocycles. The second-order valence-electron chi connectivity index (χ2n) is 4.34. The van der Waals surface area contributed by atoms with Gasteiger partial charge in [0, 0.05) is 21.9 Å². The van der Waals surface area contributed by atoms with Gasteiger partial charge in [-0.1, -0.05) is 28.1 Å². The number of pyridine rings is 1. The molecule has 2 rings (SSSR count). The number of nitrogens with two attached hydrogens (primary N) is 1. The number of aromatic nitrogens is 1. The lowest BCUT2D eigenvalue weighted by atomic mass is 10.1. The van der Waals surface area contributed by atoms with Crippen LogP contribution in [0.25, 0.3) is 0 Å². The van der Waals surface area contributed by atoms with Crippen LogP contribution in [0.1, 0.15) is 16.7 Å². The van der Waals surface area contributed by atoms with Crippen molar-refractivity contribution in [1.29, 1.82) is 0 Å². The summed E-state index contributed by atoms with van der Waals surface area (Å²) in [6.07, 6.45) is 1.69. The van der Waals surface area contributed by atoms with Gasteiger partial charge in [-0.25, -0.2) is 4.98 Å². The van der Waals surface area contributed by atoms with Gasteiger partial charge in [-0.15, -0.1) is 0 Å². The molecule has 0 aliphatic rings. The molecule has 3 nitrogen and oxygen atoms in total. The first-order valence-electron chi connectivity index (χ1n) is 5.77. The van der Waals surface area contributed by atoms with Gasteiger partial charge in [-0.3, -0.25) is 0 Å². The first kappa shape index (κ1) is 14.0. The quantitative estimate of drug-likeness (QED) is 0.836. The SMILES string of the molecule is Cc1cc(Nc2cc(C(N)=S)ccn2)cc(C)c1Br. The van der Waals surface area contributed by atoms with E-state index in [0.29, 0.717) is 4.99 Å². The zero-order valence-corrected chi connectivity index (χ0v) is 13.1. The Morgan fingerprint density at radius 2 is 1.89 bits per heavy atom. The van der Waals surface area contributed by atoms with E-state index in [4.69, 9.17) is 18.0 Å². The van der Waals surface area contributed by atoms with Gasteiger partial charge in [0.2, 0.25) is 0 Å². The molecule has 1 aromatic carbocycles. The number of anilines is 2. The second-order valence-corrected chi connectivity index (χ2v) is 5.58. The summed E-state index contributed by atoms with van der Waals surface area (Å²) in [7, 11) is 0. The fourth-order valence-electron chi connectivity index (χ4n) is 1.82. The third-order valence-electron chi connectivity index (χ3n) is 2.75. The third kappa shape index (κ3) is 3.30. The number of benzene rings is 1. The number of thiocarbonyl (C=S) groups is 1. The lowest BCUT2D eigenvalue weighted by Gasteiger charge is -2.10. The Balaban J connectivity index is 2.31. The van der Waals surface area contributed by atoms with Crippen LogP contribution in [0.3, 0.4) is 0 Å². The van der Waals surface area contributed by atoms with Crippen molar-refractivity contribution in [3.63, 3.8) is 0 Å². The number of nitrogens with one attached hydrogen (secondary N) is 1. The van der Waals surface area contributed by atoms with Crippen LogP contribution in [0, 0.1) is 13.8 Å². The molecule has 0 radical (unpaired) electrons. The molecule has 0 saturated carbocycles. The molecule has 0 spiro atoms. The number of aryl methyl sites for hydroxylation is 2. The minimum Gasteiger partial charge on any atom is -0.389 e. The summed E-state index contributed by atoms with van der Waals surface area (Å²) in [5.41, 5.74) is 9.76. The van der Waals surface area contributed by atoms with Gasteiger partial charge >= 0.3 is 0 Å². The number of hydrogen-bond donors (Lipinski definition) is 2. The zero-order valence-electron chi connectivity index (χ0n) is 10.7. The lowest BCUT2D eigenvalue weighted by Crippen LogP contribution is -2.09. The topological polar surface area (TPSA) is 50.9 Å². The van der Waals surface area contributed by atoms with E-state index in [2.05, 4.69) is 52.2 Å². The Bertz CT molecular complexity index is 617. The highest BCUT2D eigenvalue weighted by Gasteiger charge is 2.04. The van der Waals surface area contributed by atoms with Crippen molar-refractivity contribution in [2.24, 2.45) is 5.73 Å². The molecule has 2 aromatic rings. The van der Waals surface area contributed by atoms with Gasteiger partial charge in [0.25, 0.3) is 0 Å². The molecule has 5 heteroatoms. The normalized spacial score (nSPS) is 10.3. The standard InChI is InChI=1S/C14H14BrN3S/c1-8-5-11(6-9(2)13(8)15)18-12-7-10(14(16)19)3-4-17-12/h3-7H,1-2H3,(H2,16,19)(H,17,18). The zero-order chi connectivity index (χ0) is 14.0. The first-order chi connectivity index (χ1) is 8.97. The number of hydrogen-bond acceptors (Lipinski definition) is 3. The molecule has 19 heavy (non-hydrogen) atoms. The average molecular weight is 336 g/mol. The van der Waals surface area contributed by atoms with Gasteiger partial charge < -0.3 is 11.1 Å². The molecule has 0 amide bonds. The highest BCUT2D eigenvalue weighted by molar-refractivity contribution is 9.10. The fraction of sp³-hybridized carbons (Fsp3) is 0.143. The number of nitrogens with zero attached hydrogens (tertiary/aromatic N) is 1. The third-order valence-corrected chi connectivity index (χ3v) is 4.24. The minimum atomic E-state index is 0.369. The van der Waals surface area contributed by atoms with E-state index < -0.39 is 0 Å². The summed E-state index contributed by atoms with van der Waals surface area (Å²) in [4.78, 5) is 4.63. The largest absolute Gasteiger partial charge is 0.389 e. The summed E-state index contributed by atoms with van der Waals surface area (Å²) < 4.78 is 1.13. The second kappa shape index (κ2) is 5.67. The highest BCUT2D eigenvalue weighted by atomic mass is 79.9. The van der Waals surface area contributed by atoms with Crippen LogP contribution >= 0.6 is 28.1 Å². The van der Waals surface area contributed by atoms with Crippen LogP contribution in [-0.4, -0.2) is 9.97 Å². The Morgan fingerprint density at radius 3 is 2.47 bits per heavy atom. The maximum atomic E-state index is 5.61. The average Bonchev–Trinajstić information content (AvgIpc) is 2.36. The van der Waals surface area contributed by atoms with E-state index >= 15 is 0 Å². The van der Waals surface area contributed by atoms with Gasteiger partial charge in [0.15, 0.2) is 0 Å². The molecule has 1 heterocycles. The Labute approximate surface area is 126 Å². The van der Waals surface area contributed by atoms with E-state index in [1.807, 2.05) is 6.07 Å². The molecule has 1 aromatic heterocycles. The molecule has 0 aliphatic heterocycles. The monoisotopic (exact) mass is 335 g/mol. The van der Waals surface area contributed by atoms with E-state index in [9.17, 15) is 0 Å².